The molecule has 0 aromatic heterocycles. The molecule has 7 nitrogen and oxygen atoms in total. The van der Waals surface area contributed by atoms with Gasteiger partial charge in [0.15, 0.2) is 0 Å². The van der Waals surface area contributed by atoms with Crippen molar-refractivity contribution >= 4 is 23.7 Å². The number of carbonyl (C=O) groups excluding carboxylic acids is 3. The highest BCUT2D eigenvalue weighted by molar-refractivity contribution is 6.22. The fraction of sp³-hybridized carbons (Fsp3) is 0.524. The van der Waals surface area contributed by atoms with Gasteiger partial charge < -0.3 is 10.0 Å². The number of carboxylic acids is 1. The molecule has 150 valence electrons. The van der Waals surface area contributed by atoms with Crippen molar-refractivity contribution in [2.75, 3.05) is 6.54 Å². The maximum Gasteiger partial charge on any atom is 0.303 e. The summed E-state index contributed by atoms with van der Waals surface area (Å²) in [4.78, 5) is 53.5. The van der Waals surface area contributed by atoms with E-state index in [0.717, 1.165) is 30.6 Å². The SMILES string of the molecule is CC[C@@H]1CCCCN1C(=O)[C@@H]([C@H](C)CC(=O)O)N1C(=O)c2ccccc2C1=O. The number of aliphatic carboxylic acids is 1. The lowest BCUT2D eigenvalue weighted by Crippen LogP contribution is -2.57. The van der Waals surface area contributed by atoms with Gasteiger partial charge in [0.1, 0.15) is 6.04 Å². The highest BCUT2D eigenvalue weighted by Gasteiger charge is 2.47. The van der Waals surface area contributed by atoms with Crippen LogP contribution in [0, 0.1) is 5.92 Å². The average Bonchev–Trinajstić information content (AvgIpc) is 2.93. The van der Waals surface area contributed by atoms with Gasteiger partial charge in [0.05, 0.1) is 17.5 Å². The smallest absolute Gasteiger partial charge is 0.303 e. The summed E-state index contributed by atoms with van der Waals surface area (Å²) in [5, 5.41) is 9.26. The second-order valence-corrected chi connectivity index (χ2v) is 7.64. The molecule has 1 N–H and O–H groups in total. The first-order valence-electron chi connectivity index (χ1n) is 9.86. The van der Waals surface area contributed by atoms with Gasteiger partial charge in [-0.15, -0.1) is 0 Å². The van der Waals surface area contributed by atoms with E-state index in [0.29, 0.717) is 6.54 Å². The molecule has 1 saturated heterocycles. The number of benzene rings is 1. The Balaban J connectivity index is 1.98. The summed E-state index contributed by atoms with van der Waals surface area (Å²) in [5.41, 5.74) is 0.525. The Morgan fingerprint density at radius 2 is 1.75 bits per heavy atom. The molecule has 7 heteroatoms. The average molecular weight is 386 g/mol. The highest BCUT2D eigenvalue weighted by Crippen LogP contribution is 2.31. The number of piperidine rings is 1. The van der Waals surface area contributed by atoms with Crippen LogP contribution >= 0.6 is 0 Å². The quantitative estimate of drug-likeness (QED) is 0.758. The molecule has 0 aliphatic carbocycles. The summed E-state index contributed by atoms with van der Waals surface area (Å²) < 4.78 is 0. The van der Waals surface area contributed by atoms with Gasteiger partial charge in [-0.25, -0.2) is 0 Å². The normalized spacial score (nSPS) is 21.4. The van der Waals surface area contributed by atoms with E-state index in [2.05, 4.69) is 0 Å². The summed E-state index contributed by atoms with van der Waals surface area (Å²) in [6, 6.07) is 5.40. The molecule has 1 aromatic rings. The molecule has 0 unspecified atom stereocenters. The fourth-order valence-corrected chi connectivity index (χ4v) is 4.34. The van der Waals surface area contributed by atoms with Crippen LogP contribution in [0.25, 0.3) is 0 Å². The predicted molar refractivity (Wildman–Crippen MR) is 102 cm³/mol. The van der Waals surface area contributed by atoms with Crippen molar-refractivity contribution in [3.05, 3.63) is 35.4 Å². The van der Waals surface area contributed by atoms with E-state index in [-0.39, 0.29) is 29.5 Å². The van der Waals surface area contributed by atoms with Crippen LogP contribution in [0.15, 0.2) is 24.3 Å². The number of carbonyl (C=O) groups is 4. The summed E-state index contributed by atoms with van der Waals surface area (Å²) >= 11 is 0. The maximum absolute atomic E-state index is 13.5. The number of rotatable bonds is 6. The van der Waals surface area contributed by atoms with Crippen molar-refractivity contribution < 1.29 is 24.3 Å². The molecule has 1 fully saturated rings. The summed E-state index contributed by atoms with van der Waals surface area (Å²) in [6.07, 6.45) is 3.27. The standard InChI is InChI=1S/C21H26N2O5/c1-3-14-8-6-7-11-22(14)21(28)18(13(2)12-17(24)25)23-19(26)15-9-4-5-10-16(15)20(23)27/h4-5,9-10,13-14,18H,3,6-8,11-12H2,1-2H3,(H,24,25)/t13-,14-,18-/m1/s1. The van der Waals surface area contributed by atoms with Crippen LogP contribution in [-0.2, 0) is 9.59 Å². The zero-order valence-electron chi connectivity index (χ0n) is 16.3. The van der Waals surface area contributed by atoms with E-state index in [9.17, 15) is 24.3 Å². The Morgan fingerprint density at radius 3 is 2.29 bits per heavy atom. The Hall–Kier alpha value is -2.70. The van der Waals surface area contributed by atoms with Crippen LogP contribution in [0.3, 0.4) is 0 Å². The first-order valence-corrected chi connectivity index (χ1v) is 9.86. The van der Waals surface area contributed by atoms with Crippen molar-refractivity contribution in [3.8, 4) is 0 Å². The highest BCUT2D eigenvalue weighted by atomic mass is 16.4. The van der Waals surface area contributed by atoms with E-state index >= 15 is 0 Å². The number of hydrogen-bond donors (Lipinski definition) is 1. The first kappa shape index (κ1) is 20.0. The van der Waals surface area contributed by atoms with Crippen LogP contribution in [0.2, 0.25) is 0 Å². The van der Waals surface area contributed by atoms with Crippen molar-refractivity contribution in [3.63, 3.8) is 0 Å². The number of amides is 3. The zero-order valence-corrected chi connectivity index (χ0v) is 16.3. The fourth-order valence-electron chi connectivity index (χ4n) is 4.34. The van der Waals surface area contributed by atoms with Gasteiger partial charge in [-0.3, -0.25) is 24.1 Å². The largest absolute Gasteiger partial charge is 0.481 e. The number of hydrogen-bond acceptors (Lipinski definition) is 4. The number of fused-ring (bicyclic) bond motifs is 1. The van der Waals surface area contributed by atoms with Gasteiger partial charge in [-0.1, -0.05) is 26.0 Å². The molecule has 28 heavy (non-hydrogen) atoms. The second-order valence-electron chi connectivity index (χ2n) is 7.64. The topological polar surface area (TPSA) is 95.0 Å². The molecular formula is C21H26N2O5. The molecule has 0 saturated carbocycles. The van der Waals surface area contributed by atoms with Gasteiger partial charge >= 0.3 is 5.97 Å². The van der Waals surface area contributed by atoms with E-state index in [4.69, 9.17) is 0 Å². The molecule has 3 rings (SSSR count). The zero-order chi connectivity index (χ0) is 20.4. The predicted octanol–water partition coefficient (Wildman–Crippen LogP) is 2.55. The van der Waals surface area contributed by atoms with E-state index in [1.54, 1.807) is 36.1 Å². The third kappa shape index (κ3) is 3.53. The minimum atomic E-state index is -1.12. The molecule has 0 spiro atoms. The van der Waals surface area contributed by atoms with Gasteiger partial charge in [0, 0.05) is 12.6 Å². The van der Waals surface area contributed by atoms with Crippen molar-refractivity contribution in [1.29, 1.82) is 0 Å². The lowest BCUT2D eigenvalue weighted by Gasteiger charge is -2.40. The second kappa shape index (κ2) is 8.12. The molecule has 3 atom stereocenters. The van der Waals surface area contributed by atoms with Gasteiger partial charge in [-0.2, -0.15) is 0 Å². The molecule has 2 heterocycles. The Labute approximate surface area is 164 Å². The van der Waals surface area contributed by atoms with Crippen molar-refractivity contribution in [2.45, 2.75) is 58.0 Å². The molecule has 0 bridgehead atoms. The molecule has 2 aliphatic heterocycles. The number of nitrogens with zero attached hydrogens (tertiary/aromatic N) is 2. The van der Waals surface area contributed by atoms with Gasteiger partial charge in [0.2, 0.25) is 5.91 Å². The Bertz CT molecular complexity index is 771. The summed E-state index contributed by atoms with van der Waals surface area (Å²) in [7, 11) is 0. The Morgan fingerprint density at radius 1 is 1.14 bits per heavy atom. The lowest BCUT2D eigenvalue weighted by atomic mass is 9.92. The minimum Gasteiger partial charge on any atom is -0.481 e. The minimum absolute atomic E-state index is 0.0518. The van der Waals surface area contributed by atoms with Crippen LogP contribution in [0.4, 0.5) is 0 Å². The number of carboxylic acid groups (broad SMARTS) is 1. The van der Waals surface area contributed by atoms with E-state index < -0.39 is 29.7 Å². The maximum atomic E-state index is 13.5. The number of likely N-dealkylation sites (tertiary alicyclic amines) is 1. The molecule has 0 radical (unpaired) electrons. The van der Waals surface area contributed by atoms with Gasteiger partial charge in [-0.05, 0) is 43.7 Å². The molecule has 1 aromatic carbocycles. The molecule has 3 amide bonds. The third-order valence-corrected chi connectivity index (χ3v) is 5.77. The van der Waals surface area contributed by atoms with E-state index in [1.807, 2.05) is 6.92 Å². The first-order chi connectivity index (χ1) is 13.4. The van der Waals surface area contributed by atoms with Crippen LogP contribution < -0.4 is 0 Å². The lowest BCUT2D eigenvalue weighted by molar-refractivity contribution is -0.143. The van der Waals surface area contributed by atoms with Crippen LogP contribution in [0.5, 0.6) is 0 Å². The van der Waals surface area contributed by atoms with Crippen molar-refractivity contribution in [1.82, 2.24) is 9.80 Å². The summed E-state index contributed by atoms with van der Waals surface area (Å²) in [6.45, 7) is 4.19. The Kier molecular flexibility index (Phi) is 5.82. The van der Waals surface area contributed by atoms with Crippen molar-refractivity contribution in [2.24, 2.45) is 5.92 Å². The number of imide groups is 1. The molecular weight excluding hydrogens is 360 g/mol. The van der Waals surface area contributed by atoms with E-state index in [1.165, 1.54) is 0 Å². The van der Waals surface area contributed by atoms with Crippen LogP contribution in [-0.4, -0.2) is 57.2 Å². The summed E-state index contributed by atoms with van der Waals surface area (Å²) in [5.74, 6) is -3.13. The monoisotopic (exact) mass is 386 g/mol. The van der Waals surface area contributed by atoms with Crippen LogP contribution in [0.1, 0.15) is 66.7 Å². The third-order valence-electron chi connectivity index (χ3n) is 5.77. The molecule has 2 aliphatic rings. The van der Waals surface area contributed by atoms with Gasteiger partial charge in [0.25, 0.3) is 11.8 Å².